The van der Waals surface area contributed by atoms with Crippen molar-refractivity contribution in [1.82, 2.24) is 19.8 Å². The molecule has 3 heterocycles. The molecule has 1 atom stereocenters. The first kappa shape index (κ1) is 15.1. The van der Waals surface area contributed by atoms with E-state index in [-0.39, 0.29) is 5.60 Å². The highest BCUT2D eigenvalue weighted by Crippen LogP contribution is 2.27. The largest absolute Gasteiger partial charge is 0.373 e. The lowest BCUT2D eigenvalue weighted by atomic mass is 10.0. The van der Waals surface area contributed by atoms with Crippen LogP contribution in [0.5, 0.6) is 0 Å². The molecule has 1 aliphatic rings. The Balaban J connectivity index is 1.67. The van der Waals surface area contributed by atoms with E-state index in [9.17, 15) is 0 Å². The molecule has 1 fully saturated rings. The summed E-state index contributed by atoms with van der Waals surface area (Å²) in [4.78, 5) is 2.14. The third-order valence-electron chi connectivity index (χ3n) is 4.54. The smallest absolute Gasteiger partial charge is 0.185 e. The van der Waals surface area contributed by atoms with E-state index < -0.39 is 0 Å². The Kier molecular flexibility index (Phi) is 3.69. The predicted octanol–water partition coefficient (Wildman–Crippen LogP) is 2.80. The summed E-state index contributed by atoms with van der Waals surface area (Å²) >= 11 is 0. The fourth-order valence-corrected chi connectivity index (χ4v) is 3.29. The van der Waals surface area contributed by atoms with Crippen LogP contribution in [-0.2, 0) is 4.74 Å². The number of anilines is 1. The van der Waals surface area contributed by atoms with Gasteiger partial charge in [-0.25, -0.2) is 0 Å². The summed E-state index contributed by atoms with van der Waals surface area (Å²) in [6, 6.07) is 13.9. The number of hydrogen-bond acceptors (Lipinski definition) is 5. The van der Waals surface area contributed by atoms with Gasteiger partial charge in [0.1, 0.15) is 5.82 Å². The summed E-state index contributed by atoms with van der Waals surface area (Å²) in [6.07, 6.45) is 2.21. The number of nitrogens with zero attached hydrogens (tertiary/aromatic N) is 5. The van der Waals surface area contributed by atoms with Gasteiger partial charge in [-0.05, 0) is 31.9 Å². The van der Waals surface area contributed by atoms with Crippen molar-refractivity contribution in [2.75, 3.05) is 25.1 Å². The quantitative estimate of drug-likeness (QED) is 0.739. The molecular weight excluding hydrogens is 302 g/mol. The van der Waals surface area contributed by atoms with Crippen molar-refractivity contribution in [3.8, 4) is 11.4 Å². The average molecular weight is 323 g/mol. The Labute approximate surface area is 141 Å². The molecule has 4 rings (SSSR count). The highest BCUT2D eigenvalue weighted by molar-refractivity contribution is 5.59. The third kappa shape index (κ3) is 2.73. The van der Waals surface area contributed by atoms with Crippen molar-refractivity contribution in [1.29, 1.82) is 0 Å². The molecule has 0 N–H and O–H groups in total. The van der Waals surface area contributed by atoms with Gasteiger partial charge in [-0.2, -0.15) is 4.52 Å². The van der Waals surface area contributed by atoms with Crippen LogP contribution in [0.15, 0.2) is 42.5 Å². The Morgan fingerprint density at radius 1 is 1.17 bits per heavy atom. The van der Waals surface area contributed by atoms with Crippen LogP contribution in [0, 0.1) is 0 Å². The first-order valence-electron chi connectivity index (χ1n) is 8.28. The van der Waals surface area contributed by atoms with E-state index in [1.807, 2.05) is 49.5 Å². The molecule has 1 aliphatic heterocycles. The lowest BCUT2D eigenvalue weighted by molar-refractivity contribution is 0.0271. The highest BCUT2D eigenvalue weighted by Gasteiger charge is 2.31. The van der Waals surface area contributed by atoms with E-state index in [2.05, 4.69) is 22.0 Å². The molecule has 1 unspecified atom stereocenters. The second kappa shape index (κ2) is 5.87. The maximum absolute atomic E-state index is 5.90. The van der Waals surface area contributed by atoms with Gasteiger partial charge in [0, 0.05) is 25.8 Å². The molecule has 1 saturated heterocycles. The number of fused-ring (bicyclic) bond motifs is 1. The van der Waals surface area contributed by atoms with E-state index in [1.54, 1.807) is 4.52 Å². The predicted molar refractivity (Wildman–Crippen MR) is 93.1 cm³/mol. The van der Waals surface area contributed by atoms with Crippen molar-refractivity contribution in [2.24, 2.45) is 0 Å². The number of rotatable bonds is 4. The summed E-state index contributed by atoms with van der Waals surface area (Å²) in [5.74, 6) is 1.64. The number of aromatic nitrogens is 4. The number of ether oxygens (including phenoxy) is 1. The van der Waals surface area contributed by atoms with Crippen LogP contribution >= 0.6 is 0 Å². The van der Waals surface area contributed by atoms with Crippen molar-refractivity contribution in [3.63, 3.8) is 0 Å². The van der Waals surface area contributed by atoms with E-state index in [4.69, 9.17) is 9.84 Å². The zero-order valence-corrected chi connectivity index (χ0v) is 14.0. The van der Waals surface area contributed by atoms with Crippen LogP contribution in [0.2, 0.25) is 0 Å². The van der Waals surface area contributed by atoms with Crippen molar-refractivity contribution in [2.45, 2.75) is 25.4 Å². The van der Waals surface area contributed by atoms with Crippen LogP contribution in [0.25, 0.3) is 17.0 Å². The third-order valence-corrected chi connectivity index (χ3v) is 4.54. The zero-order chi connectivity index (χ0) is 16.6. The zero-order valence-electron chi connectivity index (χ0n) is 14.0. The number of benzene rings is 1. The van der Waals surface area contributed by atoms with Crippen LogP contribution in [-0.4, -0.2) is 45.6 Å². The van der Waals surface area contributed by atoms with E-state index in [0.29, 0.717) is 0 Å². The first-order chi connectivity index (χ1) is 11.6. The summed E-state index contributed by atoms with van der Waals surface area (Å²) in [7, 11) is 2.05. The van der Waals surface area contributed by atoms with Gasteiger partial charge in [-0.3, -0.25) is 0 Å². The SMILES string of the molecule is CN(CC1(C)CCCO1)c1ccc2nnc(-c3ccccc3)n2n1. The van der Waals surface area contributed by atoms with E-state index in [1.165, 1.54) is 0 Å². The second-order valence-corrected chi connectivity index (χ2v) is 6.61. The Hall–Kier alpha value is -2.47. The van der Waals surface area contributed by atoms with Gasteiger partial charge in [0.25, 0.3) is 0 Å². The van der Waals surface area contributed by atoms with Crippen molar-refractivity contribution < 1.29 is 4.74 Å². The van der Waals surface area contributed by atoms with Crippen molar-refractivity contribution in [3.05, 3.63) is 42.5 Å². The maximum atomic E-state index is 5.90. The minimum Gasteiger partial charge on any atom is -0.373 e. The molecule has 1 aromatic carbocycles. The van der Waals surface area contributed by atoms with Crippen molar-refractivity contribution >= 4 is 11.5 Å². The molecule has 24 heavy (non-hydrogen) atoms. The lowest BCUT2D eigenvalue weighted by Gasteiger charge is -2.29. The molecule has 0 spiro atoms. The van der Waals surface area contributed by atoms with Gasteiger partial charge in [-0.1, -0.05) is 30.3 Å². The molecule has 124 valence electrons. The number of likely N-dealkylation sites (N-methyl/N-ethyl adjacent to an activating group) is 1. The van der Waals surface area contributed by atoms with Gasteiger partial charge >= 0.3 is 0 Å². The summed E-state index contributed by atoms with van der Waals surface area (Å²) in [5.41, 5.74) is 1.65. The van der Waals surface area contributed by atoms with E-state index >= 15 is 0 Å². The minimum absolute atomic E-state index is 0.0964. The number of hydrogen-bond donors (Lipinski definition) is 0. The van der Waals surface area contributed by atoms with Gasteiger partial charge in [0.15, 0.2) is 11.5 Å². The molecule has 0 radical (unpaired) electrons. The summed E-state index contributed by atoms with van der Waals surface area (Å²) in [6.45, 7) is 3.83. The molecule has 2 aromatic heterocycles. The molecule has 0 saturated carbocycles. The Bertz CT molecular complexity index is 839. The van der Waals surface area contributed by atoms with Gasteiger partial charge in [0.2, 0.25) is 0 Å². The van der Waals surface area contributed by atoms with Gasteiger partial charge in [-0.15, -0.1) is 15.3 Å². The van der Waals surface area contributed by atoms with Crippen LogP contribution in [0.1, 0.15) is 19.8 Å². The molecular formula is C18H21N5O. The second-order valence-electron chi connectivity index (χ2n) is 6.61. The fourth-order valence-electron chi connectivity index (χ4n) is 3.29. The normalized spacial score (nSPS) is 20.6. The monoisotopic (exact) mass is 323 g/mol. The first-order valence-corrected chi connectivity index (χ1v) is 8.28. The van der Waals surface area contributed by atoms with Crippen LogP contribution in [0.3, 0.4) is 0 Å². The highest BCUT2D eigenvalue weighted by atomic mass is 16.5. The van der Waals surface area contributed by atoms with Crippen LogP contribution < -0.4 is 4.90 Å². The summed E-state index contributed by atoms with van der Waals surface area (Å²) < 4.78 is 7.70. The minimum atomic E-state index is -0.0964. The molecule has 3 aromatic rings. The van der Waals surface area contributed by atoms with Crippen LogP contribution in [0.4, 0.5) is 5.82 Å². The standard InChI is InChI=1S/C18H21N5O/c1-18(11-6-12-24-18)13-22(2)16-10-9-15-19-20-17(23(15)21-16)14-7-4-3-5-8-14/h3-5,7-10H,6,11-13H2,1-2H3. The Morgan fingerprint density at radius 3 is 2.75 bits per heavy atom. The Morgan fingerprint density at radius 2 is 2.00 bits per heavy atom. The summed E-state index contributed by atoms with van der Waals surface area (Å²) in [5, 5.41) is 13.3. The topological polar surface area (TPSA) is 55.5 Å². The maximum Gasteiger partial charge on any atom is 0.185 e. The molecule has 0 bridgehead atoms. The van der Waals surface area contributed by atoms with Gasteiger partial charge < -0.3 is 9.64 Å². The molecule has 6 nitrogen and oxygen atoms in total. The molecule has 0 aliphatic carbocycles. The van der Waals surface area contributed by atoms with E-state index in [0.717, 1.165) is 48.8 Å². The molecule has 0 amide bonds. The average Bonchev–Trinajstić information content (AvgIpc) is 3.21. The molecule has 6 heteroatoms. The lowest BCUT2D eigenvalue weighted by Crippen LogP contribution is -2.39. The fraction of sp³-hybridized carbons (Fsp3) is 0.389. The van der Waals surface area contributed by atoms with Gasteiger partial charge in [0.05, 0.1) is 5.60 Å².